The molecule has 6 nitrogen and oxygen atoms in total. The van der Waals surface area contributed by atoms with E-state index in [0.717, 1.165) is 12.1 Å². The van der Waals surface area contributed by atoms with Crippen molar-refractivity contribution in [1.82, 2.24) is 10.6 Å². The summed E-state index contributed by atoms with van der Waals surface area (Å²) >= 11 is 0. The van der Waals surface area contributed by atoms with Crippen LogP contribution in [-0.2, 0) is 0 Å². The van der Waals surface area contributed by atoms with E-state index in [4.69, 9.17) is 9.15 Å². The van der Waals surface area contributed by atoms with Gasteiger partial charge in [0.05, 0.1) is 19.4 Å². The maximum Gasteiger partial charge on any atom is 0.191 e. The molecule has 0 fully saturated rings. The standard InChI is InChI=1S/C17H21F2N3O3/c1-2-20-17(22-11-14(23)16-4-3-8-24-16)21-7-9-25-15-6-5-12(18)10-13(15)19/h3-6,8,10,14,23H,2,7,9,11H2,1H3,(H2,20,21,22). The van der Waals surface area contributed by atoms with Gasteiger partial charge in [0.15, 0.2) is 17.5 Å². The molecule has 0 aliphatic carbocycles. The van der Waals surface area contributed by atoms with Crippen LogP contribution in [-0.4, -0.2) is 37.3 Å². The van der Waals surface area contributed by atoms with E-state index >= 15 is 0 Å². The minimum atomic E-state index is -0.838. The van der Waals surface area contributed by atoms with Crippen LogP contribution in [0.25, 0.3) is 0 Å². The van der Waals surface area contributed by atoms with E-state index in [2.05, 4.69) is 15.6 Å². The summed E-state index contributed by atoms with van der Waals surface area (Å²) in [5.74, 6) is -0.494. The van der Waals surface area contributed by atoms with Crippen LogP contribution in [0.15, 0.2) is 46.0 Å². The summed E-state index contributed by atoms with van der Waals surface area (Å²) in [7, 11) is 0. The summed E-state index contributed by atoms with van der Waals surface area (Å²) in [5, 5.41) is 16.0. The molecule has 0 radical (unpaired) electrons. The number of rotatable bonds is 8. The summed E-state index contributed by atoms with van der Waals surface area (Å²) in [6.45, 7) is 3.17. The Labute approximate surface area is 144 Å². The minimum Gasteiger partial charge on any atom is -0.489 e. The highest BCUT2D eigenvalue weighted by molar-refractivity contribution is 5.79. The van der Waals surface area contributed by atoms with Gasteiger partial charge in [-0.3, -0.25) is 4.99 Å². The van der Waals surface area contributed by atoms with Crippen molar-refractivity contribution in [2.45, 2.75) is 13.0 Å². The van der Waals surface area contributed by atoms with Crippen molar-refractivity contribution < 1.29 is 23.0 Å². The molecule has 0 bridgehead atoms. The molecule has 0 saturated carbocycles. The fourth-order valence-corrected chi connectivity index (χ4v) is 2.01. The number of hydrogen-bond donors (Lipinski definition) is 3. The molecule has 136 valence electrons. The number of nitrogens with zero attached hydrogens (tertiary/aromatic N) is 1. The molecule has 25 heavy (non-hydrogen) atoms. The maximum absolute atomic E-state index is 13.4. The molecular weight excluding hydrogens is 332 g/mol. The molecule has 0 aliphatic rings. The summed E-state index contributed by atoms with van der Waals surface area (Å²) in [5.41, 5.74) is 0. The van der Waals surface area contributed by atoms with Gasteiger partial charge in [0.1, 0.15) is 24.3 Å². The molecule has 1 aromatic carbocycles. The highest BCUT2D eigenvalue weighted by Crippen LogP contribution is 2.17. The molecule has 0 aliphatic heterocycles. The fraction of sp³-hybridized carbons (Fsp3) is 0.353. The second-order valence-electron chi connectivity index (χ2n) is 5.10. The SMILES string of the molecule is CCNC(=NCC(O)c1ccco1)NCCOc1ccc(F)cc1F. The number of hydrogen-bond acceptors (Lipinski definition) is 4. The van der Waals surface area contributed by atoms with Crippen molar-refractivity contribution in [3.8, 4) is 5.75 Å². The molecule has 0 saturated heterocycles. The number of guanidine groups is 1. The van der Waals surface area contributed by atoms with E-state index in [1.54, 1.807) is 12.1 Å². The molecule has 1 atom stereocenters. The van der Waals surface area contributed by atoms with Gasteiger partial charge in [0.25, 0.3) is 0 Å². The smallest absolute Gasteiger partial charge is 0.191 e. The Balaban J connectivity index is 1.79. The van der Waals surface area contributed by atoms with Gasteiger partial charge in [-0.2, -0.15) is 0 Å². The Kier molecular flexibility index (Phi) is 7.21. The first kappa shape index (κ1) is 18.7. The van der Waals surface area contributed by atoms with Crippen LogP contribution in [0.5, 0.6) is 5.75 Å². The first-order chi connectivity index (χ1) is 12.1. The molecule has 2 rings (SSSR count). The van der Waals surface area contributed by atoms with E-state index in [-0.39, 0.29) is 18.9 Å². The van der Waals surface area contributed by atoms with Crippen LogP contribution in [0, 0.1) is 11.6 Å². The van der Waals surface area contributed by atoms with Gasteiger partial charge in [-0.15, -0.1) is 0 Å². The van der Waals surface area contributed by atoms with Crippen LogP contribution in [0.3, 0.4) is 0 Å². The quantitative estimate of drug-likeness (QED) is 0.385. The monoisotopic (exact) mass is 353 g/mol. The summed E-state index contributed by atoms with van der Waals surface area (Å²) < 4.78 is 36.6. The van der Waals surface area contributed by atoms with Gasteiger partial charge in [0.2, 0.25) is 0 Å². The highest BCUT2D eigenvalue weighted by Gasteiger charge is 2.10. The third-order valence-corrected chi connectivity index (χ3v) is 3.18. The summed E-state index contributed by atoms with van der Waals surface area (Å²) in [6.07, 6.45) is 0.646. The van der Waals surface area contributed by atoms with E-state index in [0.29, 0.717) is 24.8 Å². The molecule has 0 amide bonds. The average molecular weight is 353 g/mol. The van der Waals surface area contributed by atoms with Crippen molar-refractivity contribution in [2.24, 2.45) is 4.99 Å². The molecule has 1 unspecified atom stereocenters. The molecule has 0 spiro atoms. The predicted molar refractivity (Wildman–Crippen MR) is 89.5 cm³/mol. The lowest BCUT2D eigenvalue weighted by Crippen LogP contribution is -2.39. The first-order valence-electron chi connectivity index (χ1n) is 7.91. The van der Waals surface area contributed by atoms with Crippen molar-refractivity contribution in [3.63, 3.8) is 0 Å². The zero-order chi connectivity index (χ0) is 18.1. The van der Waals surface area contributed by atoms with Gasteiger partial charge in [-0.25, -0.2) is 8.78 Å². The lowest BCUT2D eigenvalue weighted by Gasteiger charge is -2.13. The Morgan fingerprint density at radius 1 is 1.32 bits per heavy atom. The second kappa shape index (κ2) is 9.63. The zero-order valence-corrected chi connectivity index (χ0v) is 13.8. The average Bonchev–Trinajstić information content (AvgIpc) is 3.12. The van der Waals surface area contributed by atoms with Crippen LogP contribution < -0.4 is 15.4 Å². The second-order valence-corrected chi connectivity index (χ2v) is 5.10. The van der Waals surface area contributed by atoms with Gasteiger partial charge in [-0.1, -0.05) is 0 Å². The van der Waals surface area contributed by atoms with Crippen molar-refractivity contribution in [2.75, 3.05) is 26.2 Å². The molecule has 8 heteroatoms. The van der Waals surface area contributed by atoms with Crippen LogP contribution in [0.4, 0.5) is 8.78 Å². The number of aliphatic imine (C=N–C) groups is 1. The third kappa shape index (κ3) is 6.07. The number of aliphatic hydroxyl groups excluding tert-OH is 1. The zero-order valence-electron chi connectivity index (χ0n) is 13.8. The van der Waals surface area contributed by atoms with E-state index < -0.39 is 17.7 Å². The van der Waals surface area contributed by atoms with Crippen LogP contribution in [0.2, 0.25) is 0 Å². The number of nitrogens with one attached hydrogen (secondary N) is 2. The predicted octanol–water partition coefficient (Wildman–Crippen LogP) is 2.23. The molecular formula is C17H21F2N3O3. The van der Waals surface area contributed by atoms with E-state index in [9.17, 15) is 13.9 Å². The number of benzene rings is 1. The largest absolute Gasteiger partial charge is 0.489 e. The normalized spacial score (nSPS) is 12.7. The number of furan rings is 1. The van der Waals surface area contributed by atoms with E-state index in [1.165, 1.54) is 12.3 Å². The number of halogens is 2. The topological polar surface area (TPSA) is 79.0 Å². The Morgan fingerprint density at radius 2 is 2.16 bits per heavy atom. The number of ether oxygens (including phenoxy) is 1. The Morgan fingerprint density at radius 3 is 2.84 bits per heavy atom. The van der Waals surface area contributed by atoms with Gasteiger partial charge >= 0.3 is 0 Å². The third-order valence-electron chi connectivity index (χ3n) is 3.18. The lowest BCUT2D eigenvalue weighted by atomic mass is 10.3. The Hall–Kier alpha value is -2.61. The van der Waals surface area contributed by atoms with Gasteiger partial charge in [-0.05, 0) is 31.2 Å². The van der Waals surface area contributed by atoms with Crippen molar-refractivity contribution in [1.29, 1.82) is 0 Å². The molecule has 1 heterocycles. The van der Waals surface area contributed by atoms with Crippen LogP contribution in [0.1, 0.15) is 18.8 Å². The number of aliphatic hydroxyl groups is 1. The molecule has 3 N–H and O–H groups in total. The van der Waals surface area contributed by atoms with Crippen molar-refractivity contribution in [3.05, 3.63) is 54.0 Å². The van der Waals surface area contributed by atoms with Gasteiger partial charge < -0.3 is 24.9 Å². The summed E-state index contributed by atoms with van der Waals surface area (Å²) in [6, 6.07) is 6.50. The first-order valence-corrected chi connectivity index (χ1v) is 7.91. The highest BCUT2D eigenvalue weighted by atomic mass is 19.1. The maximum atomic E-state index is 13.4. The minimum absolute atomic E-state index is 0.0154. The lowest BCUT2D eigenvalue weighted by molar-refractivity contribution is 0.158. The summed E-state index contributed by atoms with van der Waals surface area (Å²) in [4.78, 5) is 4.25. The molecule has 2 aromatic rings. The molecule has 1 aromatic heterocycles. The van der Waals surface area contributed by atoms with Crippen LogP contribution >= 0.6 is 0 Å². The van der Waals surface area contributed by atoms with E-state index in [1.807, 2.05) is 6.92 Å². The van der Waals surface area contributed by atoms with Gasteiger partial charge in [0, 0.05) is 12.6 Å². The van der Waals surface area contributed by atoms with Crippen molar-refractivity contribution >= 4 is 5.96 Å². The Bertz CT molecular complexity index is 678. The fourth-order valence-electron chi connectivity index (χ4n) is 2.01.